The number of nitrogens with zero attached hydrogens (tertiary/aromatic N) is 1. The van der Waals surface area contributed by atoms with Crippen molar-refractivity contribution >= 4 is 28.1 Å². The van der Waals surface area contributed by atoms with Crippen molar-refractivity contribution in [3.8, 4) is 0 Å². The Kier molecular flexibility index (Phi) is 3.05. The van der Waals surface area contributed by atoms with Crippen LogP contribution in [0.15, 0.2) is 41.8 Å². The second-order valence-electron chi connectivity index (χ2n) is 4.33. The van der Waals surface area contributed by atoms with Gasteiger partial charge in [0, 0.05) is 10.3 Å². The number of para-hydroxylation sites is 1. The Labute approximate surface area is 114 Å². The van der Waals surface area contributed by atoms with Crippen LogP contribution in [0.5, 0.6) is 0 Å². The maximum atomic E-state index is 12.2. The zero-order valence-electron chi connectivity index (χ0n) is 10.4. The number of fused-ring (bicyclic) bond motifs is 1. The number of carbonyl (C=O) groups excluding carboxylic acids is 1. The molecule has 1 aromatic carbocycles. The van der Waals surface area contributed by atoms with Gasteiger partial charge in [-0.3, -0.25) is 9.89 Å². The molecule has 2 heterocycles. The van der Waals surface area contributed by atoms with E-state index in [1.54, 1.807) is 11.3 Å². The van der Waals surface area contributed by atoms with Crippen molar-refractivity contribution in [1.29, 1.82) is 0 Å². The average Bonchev–Trinajstić information content (AvgIpc) is 3.08. The SMILES string of the molecule is C[C@H](NC(=O)c1n[nH]c2ccccc12)c1cccs1. The second-order valence-corrected chi connectivity index (χ2v) is 5.31. The summed E-state index contributed by atoms with van der Waals surface area (Å²) in [5.74, 6) is -0.154. The first-order chi connectivity index (χ1) is 9.25. The third-order valence-corrected chi connectivity index (χ3v) is 4.06. The lowest BCUT2D eigenvalue weighted by molar-refractivity contribution is 0.0937. The Morgan fingerprint density at radius 2 is 2.16 bits per heavy atom. The Morgan fingerprint density at radius 3 is 2.95 bits per heavy atom. The van der Waals surface area contributed by atoms with Gasteiger partial charge in [0.2, 0.25) is 0 Å². The maximum absolute atomic E-state index is 12.2. The molecule has 2 aromatic heterocycles. The summed E-state index contributed by atoms with van der Waals surface area (Å²) >= 11 is 1.63. The van der Waals surface area contributed by atoms with Gasteiger partial charge in [0.15, 0.2) is 5.69 Å². The van der Waals surface area contributed by atoms with Gasteiger partial charge in [-0.15, -0.1) is 11.3 Å². The minimum Gasteiger partial charge on any atom is -0.343 e. The Bertz CT molecular complexity index is 702. The topological polar surface area (TPSA) is 57.8 Å². The zero-order valence-corrected chi connectivity index (χ0v) is 11.2. The highest BCUT2D eigenvalue weighted by atomic mass is 32.1. The van der Waals surface area contributed by atoms with Crippen molar-refractivity contribution in [3.63, 3.8) is 0 Å². The van der Waals surface area contributed by atoms with Crippen LogP contribution in [0.25, 0.3) is 10.9 Å². The zero-order chi connectivity index (χ0) is 13.2. The number of aromatic nitrogens is 2. The van der Waals surface area contributed by atoms with Gasteiger partial charge in [0.25, 0.3) is 5.91 Å². The fraction of sp³-hybridized carbons (Fsp3) is 0.143. The van der Waals surface area contributed by atoms with Gasteiger partial charge in [0.1, 0.15) is 0 Å². The summed E-state index contributed by atoms with van der Waals surface area (Å²) in [5.41, 5.74) is 1.32. The monoisotopic (exact) mass is 271 g/mol. The first kappa shape index (κ1) is 11.9. The number of thiophene rings is 1. The van der Waals surface area contributed by atoms with E-state index in [1.807, 2.05) is 48.7 Å². The summed E-state index contributed by atoms with van der Waals surface area (Å²) in [5, 5.41) is 12.8. The van der Waals surface area contributed by atoms with Crippen molar-refractivity contribution in [2.75, 3.05) is 0 Å². The summed E-state index contributed by atoms with van der Waals surface area (Å²) in [4.78, 5) is 13.4. The molecule has 5 heteroatoms. The summed E-state index contributed by atoms with van der Waals surface area (Å²) in [6, 6.07) is 11.6. The minimum absolute atomic E-state index is 0.0111. The molecule has 19 heavy (non-hydrogen) atoms. The van der Waals surface area contributed by atoms with E-state index in [0.29, 0.717) is 5.69 Å². The molecule has 1 atom stereocenters. The van der Waals surface area contributed by atoms with Crippen LogP contribution < -0.4 is 5.32 Å². The molecule has 0 aliphatic carbocycles. The number of benzene rings is 1. The molecule has 0 aliphatic rings. The third kappa shape index (κ3) is 2.24. The van der Waals surface area contributed by atoms with E-state index in [-0.39, 0.29) is 11.9 Å². The highest BCUT2D eigenvalue weighted by Gasteiger charge is 2.16. The van der Waals surface area contributed by atoms with Crippen LogP contribution in [-0.4, -0.2) is 16.1 Å². The molecule has 0 radical (unpaired) electrons. The normalized spacial score (nSPS) is 12.5. The predicted octanol–water partition coefficient (Wildman–Crippen LogP) is 3.12. The average molecular weight is 271 g/mol. The van der Waals surface area contributed by atoms with Crippen LogP contribution in [0.4, 0.5) is 0 Å². The van der Waals surface area contributed by atoms with Gasteiger partial charge in [-0.1, -0.05) is 24.3 Å². The second kappa shape index (κ2) is 4.85. The molecule has 0 unspecified atom stereocenters. The standard InChI is InChI=1S/C14H13N3OS/c1-9(12-7-4-8-19-12)15-14(18)13-10-5-2-3-6-11(10)16-17-13/h2-9H,1H3,(H,15,18)(H,16,17)/t9-/m0/s1. The van der Waals surface area contributed by atoms with Crippen LogP contribution in [0.3, 0.4) is 0 Å². The fourth-order valence-corrected chi connectivity index (χ4v) is 2.74. The van der Waals surface area contributed by atoms with E-state index in [4.69, 9.17) is 0 Å². The summed E-state index contributed by atoms with van der Waals surface area (Å²) in [6.45, 7) is 1.97. The number of amides is 1. The Morgan fingerprint density at radius 1 is 1.32 bits per heavy atom. The number of hydrogen-bond donors (Lipinski definition) is 2. The molecule has 3 aromatic rings. The molecule has 0 saturated carbocycles. The van der Waals surface area contributed by atoms with Crippen molar-refractivity contribution < 1.29 is 4.79 Å². The van der Waals surface area contributed by atoms with Crippen molar-refractivity contribution in [2.24, 2.45) is 0 Å². The number of carbonyl (C=O) groups is 1. The third-order valence-electron chi connectivity index (χ3n) is 3.00. The van der Waals surface area contributed by atoms with Gasteiger partial charge in [0.05, 0.1) is 11.6 Å². The number of H-pyrrole nitrogens is 1. The quantitative estimate of drug-likeness (QED) is 0.769. The summed E-state index contributed by atoms with van der Waals surface area (Å²) in [7, 11) is 0. The van der Waals surface area contributed by atoms with Gasteiger partial charge < -0.3 is 5.32 Å². The number of aromatic amines is 1. The maximum Gasteiger partial charge on any atom is 0.272 e. The molecule has 1 amide bonds. The number of hydrogen-bond acceptors (Lipinski definition) is 3. The van der Waals surface area contributed by atoms with Gasteiger partial charge >= 0.3 is 0 Å². The van der Waals surface area contributed by atoms with Crippen LogP contribution in [-0.2, 0) is 0 Å². The molecule has 96 valence electrons. The lowest BCUT2D eigenvalue weighted by atomic mass is 10.2. The highest BCUT2D eigenvalue weighted by Crippen LogP contribution is 2.20. The largest absolute Gasteiger partial charge is 0.343 e. The number of rotatable bonds is 3. The van der Waals surface area contributed by atoms with E-state index < -0.39 is 0 Å². The molecule has 0 saturated heterocycles. The summed E-state index contributed by atoms with van der Waals surface area (Å²) < 4.78 is 0. The molecule has 0 spiro atoms. The minimum atomic E-state index is -0.154. The lowest BCUT2D eigenvalue weighted by Gasteiger charge is -2.10. The van der Waals surface area contributed by atoms with Crippen LogP contribution in [0, 0.1) is 0 Å². The first-order valence-corrected chi connectivity index (χ1v) is 6.91. The molecule has 0 aliphatic heterocycles. The van der Waals surface area contributed by atoms with Crippen LogP contribution in [0.1, 0.15) is 28.3 Å². The fourth-order valence-electron chi connectivity index (χ4n) is 2.01. The van der Waals surface area contributed by atoms with E-state index in [1.165, 1.54) is 0 Å². The van der Waals surface area contributed by atoms with Crippen molar-refractivity contribution in [2.45, 2.75) is 13.0 Å². The number of nitrogens with one attached hydrogen (secondary N) is 2. The Balaban J connectivity index is 1.84. The molecule has 0 fully saturated rings. The molecule has 4 nitrogen and oxygen atoms in total. The lowest BCUT2D eigenvalue weighted by Crippen LogP contribution is -2.26. The van der Waals surface area contributed by atoms with Crippen molar-refractivity contribution in [1.82, 2.24) is 15.5 Å². The van der Waals surface area contributed by atoms with Gasteiger partial charge in [-0.05, 0) is 24.4 Å². The van der Waals surface area contributed by atoms with Crippen LogP contribution >= 0.6 is 11.3 Å². The predicted molar refractivity (Wildman–Crippen MR) is 76.3 cm³/mol. The summed E-state index contributed by atoms with van der Waals surface area (Å²) in [6.07, 6.45) is 0. The van der Waals surface area contributed by atoms with E-state index in [0.717, 1.165) is 15.8 Å². The van der Waals surface area contributed by atoms with Crippen molar-refractivity contribution in [3.05, 3.63) is 52.3 Å². The molecule has 3 rings (SSSR count). The van der Waals surface area contributed by atoms with Crippen LogP contribution in [0.2, 0.25) is 0 Å². The van der Waals surface area contributed by atoms with Gasteiger partial charge in [-0.25, -0.2) is 0 Å². The Hall–Kier alpha value is -2.14. The molecular formula is C14H13N3OS. The van der Waals surface area contributed by atoms with E-state index in [9.17, 15) is 4.79 Å². The molecule has 0 bridgehead atoms. The molecular weight excluding hydrogens is 258 g/mol. The van der Waals surface area contributed by atoms with E-state index >= 15 is 0 Å². The first-order valence-electron chi connectivity index (χ1n) is 6.03. The van der Waals surface area contributed by atoms with Gasteiger partial charge in [-0.2, -0.15) is 5.10 Å². The smallest absolute Gasteiger partial charge is 0.272 e. The molecule has 2 N–H and O–H groups in total. The highest BCUT2D eigenvalue weighted by molar-refractivity contribution is 7.10. The van der Waals surface area contributed by atoms with E-state index in [2.05, 4.69) is 15.5 Å².